The van der Waals surface area contributed by atoms with Crippen LogP contribution in [0.1, 0.15) is 10.4 Å². The summed E-state index contributed by atoms with van der Waals surface area (Å²) in [5.41, 5.74) is 3.87. The lowest BCUT2D eigenvalue weighted by Crippen LogP contribution is -2.11. The van der Waals surface area contributed by atoms with Crippen LogP contribution in [0.15, 0.2) is 114 Å². The van der Waals surface area contributed by atoms with Gasteiger partial charge < -0.3 is 0 Å². The fourth-order valence-electron chi connectivity index (χ4n) is 3.47. The molecule has 168 valence electrons. The molecule has 34 heavy (non-hydrogen) atoms. The van der Waals surface area contributed by atoms with Gasteiger partial charge in [-0.25, -0.2) is 17.4 Å². The van der Waals surface area contributed by atoms with Crippen molar-refractivity contribution in [1.82, 2.24) is 8.96 Å². The lowest BCUT2D eigenvalue weighted by atomic mass is 10.0. The maximum absolute atomic E-state index is 12.8. The Morgan fingerprint density at radius 2 is 1.44 bits per heavy atom. The van der Waals surface area contributed by atoms with Gasteiger partial charge in [0.05, 0.1) is 10.6 Å². The van der Waals surface area contributed by atoms with Crippen molar-refractivity contribution >= 4 is 32.4 Å². The third kappa shape index (κ3) is 4.41. The highest BCUT2D eigenvalue weighted by Gasteiger charge is 2.17. The topological polar surface area (TPSA) is 81.1 Å². The minimum atomic E-state index is -3.68. The van der Waals surface area contributed by atoms with E-state index in [1.54, 1.807) is 53.9 Å². The predicted octanol–water partition coefficient (Wildman–Crippen LogP) is 5.77. The smallest absolute Gasteiger partial charge is 0.267 e. The van der Waals surface area contributed by atoms with E-state index in [9.17, 15) is 13.2 Å². The van der Waals surface area contributed by atoms with Crippen molar-refractivity contribution < 1.29 is 13.2 Å². The Hall–Kier alpha value is -4.01. The third-order valence-corrected chi connectivity index (χ3v) is 7.67. The molecule has 5 aromatic rings. The van der Waals surface area contributed by atoms with E-state index in [2.05, 4.69) is 10.3 Å². The molecule has 5 rings (SSSR count). The second-order valence-electron chi connectivity index (χ2n) is 7.48. The summed E-state index contributed by atoms with van der Waals surface area (Å²) in [5.74, 6) is -0.260. The zero-order valence-corrected chi connectivity index (χ0v) is 19.5. The van der Waals surface area contributed by atoms with Crippen LogP contribution in [0.2, 0.25) is 0 Å². The average Bonchev–Trinajstić information content (AvgIpc) is 3.56. The first-order chi connectivity index (χ1) is 16.5. The van der Waals surface area contributed by atoms with E-state index < -0.39 is 10.0 Å². The Morgan fingerprint density at radius 1 is 0.794 bits per heavy atom. The van der Waals surface area contributed by atoms with Gasteiger partial charge >= 0.3 is 0 Å². The van der Waals surface area contributed by atoms with E-state index in [-0.39, 0.29) is 10.8 Å². The number of carbonyl (C=O) groups excluding carboxylic acids is 1. The molecule has 0 aliphatic carbocycles. The molecule has 1 amide bonds. The number of thiazole rings is 1. The fourth-order valence-corrected chi connectivity index (χ4v) is 5.40. The van der Waals surface area contributed by atoms with Gasteiger partial charge in [0.1, 0.15) is 0 Å². The maximum atomic E-state index is 12.8. The molecule has 3 aromatic carbocycles. The molecule has 0 spiro atoms. The lowest BCUT2D eigenvalue weighted by Gasteiger charge is -2.05. The molecular weight excluding hydrogens is 466 g/mol. The van der Waals surface area contributed by atoms with Crippen molar-refractivity contribution in [2.24, 2.45) is 0 Å². The van der Waals surface area contributed by atoms with Crippen molar-refractivity contribution in [3.63, 3.8) is 0 Å². The first kappa shape index (κ1) is 21.8. The van der Waals surface area contributed by atoms with Crippen molar-refractivity contribution in [2.75, 3.05) is 5.32 Å². The van der Waals surface area contributed by atoms with Gasteiger partial charge in [0.2, 0.25) is 0 Å². The standard InChI is InChI=1S/C26H19N3O3S2/c30-25(21-13-11-20(12-14-21)19-7-3-1-4-8-19)28-26-27-24(18-33-26)22-15-16-29(17-22)34(31,32)23-9-5-2-6-10-23/h1-18H,(H,27,28,30). The monoisotopic (exact) mass is 485 g/mol. The predicted molar refractivity (Wildman–Crippen MR) is 134 cm³/mol. The van der Waals surface area contributed by atoms with E-state index in [1.807, 2.05) is 42.5 Å². The highest BCUT2D eigenvalue weighted by Crippen LogP contribution is 2.27. The molecule has 0 fully saturated rings. The summed E-state index contributed by atoms with van der Waals surface area (Å²) in [6, 6.07) is 27.2. The van der Waals surface area contributed by atoms with Crippen LogP contribution in [0.4, 0.5) is 5.13 Å². The van der Waals surface area contributed by atoms with Crippen molar-refractivity contribution in [3.8, 4) is 22.4 Å². The molecule has 1 N–H and O–H groups in total. The van der Waals surface area contributed by atoms with Gasteiger partial charge in [0, 0.05) is 28.9 Å². The molecular formula is C26H19N3O3S2. The van der Waals surface area contributed by atoms with Crippen LogP contribution >= 0.6 is 11.3 Å². The van der Waals surface area contributed by atoms with Gasteiger partial charge in [-0.05, 0) is 41.5 Å². The SMILES string of the molecule is O=C(Nc1nc(-c2ccn(S(=O)(=O)c3ccccc3)c2)cs1)c1ccc(-c2ccccc2)cc1. The van der Waals surface area contributed by atoms with E-state index >= 15 is 0 Å². The summed E-state index contributed by atoms with van der Waals surface area (Å²) in [6.45, 7) is 0. The molecule has 0 atom stereocenters. The number of benzene rings is 3. The van der Waals surface area contributed by atoms with Crippen molar-refractivity contribution in [1.29, 1.82) is 0 Å². The number of aromatic nitrogens is 2. The Morgan fingerprint density at radius 3 is 2.15 bits per heavy atom. The summed E-state index contributed by atoms with van der Waals surface area (Å²) >= 11 is 1.28. The summed E-state index contributed by atoms with van der Waals surface area (Å²) in [5, 5.41) is 5.03. The van der Waals surface area contributed by atoms with Crippen LogP contribution < -0.4 is 5.32 Å². The van der Waals surface area contributed by atoms with Gasteiger partial charge in [-0.15, -0.1) is 11.3 Å². The first-order valence-corrected chi connectivity index (χ1v) is 12.7. The van der Waals surface area contributed by atoms with Crippen LogP contribution in [-0.4, -0.2) is 23.3 Å². The molecule has 0 aliphatic rings. The number of hydrogen-bond donors (Lipinski definition) is 1. The van der Waals surface area contributed by atoms with Gasteiger partial charge in [-0.2, -0.15) is 0 Å². The number of hydrogen-bond acceptors (Lipinski definition) is 5. The van der Waals surface area contributed by atoms with Crippen LogP contribution in [0.5, 0.6) is 0 Å². The van der Waals surface area contributed by atoms with Gasteiger partial charge in [-0.3, -0.25) is 10.1 Å². The van der Waals surface area contributed by atoms with Crippen LogP contribution in [-0.2, 0) is 10.0 Å². The van der Waals surface area contributed by atoms with Crippen LogP contribution in [0, 0.1) is 0 Å². The highest BCUT2D eigenvalue weighted by molar-refractivity contribution is 7.90. The van der Waals surface area contributed by atoms with Crippen molar-refractivity contribution in [3.05, 3.63) is 114 Å². The van der Waals surface area contributed by atoms with E-state index in [0.717, 1.165) is 11.1 Å². The summed E-state index contributed by atoms with van der Waals surface area (Å²) in [7, 11) is -3.68. The molecule has 8 heteroatoms. The van der Waals surface area contributed by atoms with Crippen LogP contribution in [0.25, 0.3) is 22.4 Å². The molecule has 0 radical (unpaired) electrons. The number of nitrogens with zero attached hydrogens (tertiary/aromatic N) is 2. The second-order valence-corrected chi connectivity index (χ2v) is 10.2. The molecule has 0 saturated heterocycles. The second kappa shape index (κ2) is 9.09. The zero-order chi connectivity index (χ0) is 23.5. The average molecular weight is 486 g/mol. The highest BCUT2D eigenvalue weighted by atomic mass is 32.2. The number of amides is 1. The lowest BCUT2D eigenvalue weighted by molar-refractivity contribution is 0.102. The number of anilines is 1. The van der Waals surface area contributed by atoms with Gasteiger partial charge in [0.15, 0.2) is 5.13 Å². The first-order valence-electron chi connectivity index (χ1n) is 10.4. The summed E-state index contributed by atoms with van der Waals surface area (Å²) in [6.07, 6.45) is 3.01. The molecule has 2 aromatic heterocycles. The normalized spacial score (nSPS) is 11.3. The Kier molecular flexibility index (Phi) is 5.83. The minimum Gasteiger partial charge on any atom is -0.298 e. The molecule has 2 heterocycles. The number of nitrogens with one attached hydrogen (secondary N) is 1. The number of rotatable bonds is 6. The van der Waals surface area contributed by atoms with Gasteiger partial charge in [0.25, 0.3) is 15.9 Å². The number of carbonyl (C=O) groups is 1. The van der Waals surface area contributed by atoms with E-state index in [4.69, 9.17) is 0 Å². The molecule has 6 nitrogen and oxygen atoms in total. The Bertz CT molecular complexity index is 1540. The molecule has 0 aliphatic heterocycles. The quantitative estimate of drug-likeness (QED) is 0.331. The van der Waals surface area contributed by atoms with Gasteiger partial charge in [-0.1, -0.05) is 60.7 Å². The Labute approximate surface area is 201 Å². The van der Waals surface area contributed by atoms with E-state index in [0.29, 0.717) is 22.0 Å². The third-order valence-electron chi connectivity index (χ3n) is 5.26. The fraction of sp³-hybridized carbons (Fsp3) is 0. The van der Waals surface area contributed by atoms with Crippen LogP contribution in [0.3, 0.4) is 0 Å². The summed E-state index contributed by atoms with van der Waals surface area (Å²) < 4.78 is 26.7. The molecule has 0 unspecified atom stereocenters. The molecule has 0 bridgehead atoms. The minimum absolute atomic E-state index is 0.210. The van der Waals surface area contributed by atoms with Crippen molar-refractivity contribution in [2.45, 2.75) is 4.90 Å². The largest absolute Gasteiger partial charge is 0.298 e. The Balaban J connectivity index is 1.30. The zero-order valence-electron chi connectivity index (χ0n) is 17.8. The molecule has 0 saturated carbocycles. The van der Waals surface area contributed by atoms with E-state index in [1.165, 1.54) is 27.7 Å². The summed E-state index contributed by atoms with van der Waals surface area (Å²) in [4.78, 5) is 17.3. The maximum Gasteiger partial charge on any atom is 0.267 e.